The molecule has 1 aliphatic heterocycles. The third kappa shape index (κ3) is 4.83. The maximum absolute atomic E-state index is 12.2. The topological polar surface area (TPSA) is 74.8 Å². The summed E-state index contributed by atoms with van der Waals surface area (Å²) >= 11 is 7.18. The van der Waals surface area contributed by atoms with Gasteiger partial charge in [-0.05, 0) is 24.3 Å². The second-order valence-corrected chi connectivity index (χ2v) is 6.71. The second-order valence-electron chi connectivity index (χ2n) is 5.38. The highest BCUT2D eigenvalue weighted by atomic mass is 35.5. The van der Waals surface area contributed by atoms with Crippen LogP contribution in [0.4, 0.5) is 9.93 Å². The van der Waals surface area contributed by atoms with Crippen LogP contribution >= 0.6 is 22.9 Å². The molecule has 3 rings (SSSR count). The molecule has 1 N–H and O–H groups in total. The van der Waals surface area contributed by atoms with E-state index in [-0.39, 0.29) is 18.5 Å². The minimum atomic E-state index is -0.195. The van der Waals surface area contributed by atoms with Crippen molar-refractivity contribution in [3.8, 4) is 5.75 Å². The van der Waals surface area contributed by atoms with Gasteiger partial charge in [-0.3, -0.25) is 10.1 Å². The maximum Gasteiger partial charge on any atom is 0.323 e. The molecule has 2 aromatic rings. The minimum Gasteiger partial charge on any atom is -0.484 e. The first-order valence-electron chi connectivity index (χ1n) is 7.73. The van der Waals surface area contributed by atoms with E-state index in [2.05, 4.69) is 10.3 Å². The minimum absolute atomic E-state index is 0.0348. The van der Waals surface area contributed by atoms with Gasteiger partial charge in [-0.1, -0.05) is 11.6 Å². The van der Waals surface area contributed by atoms with Gasteiger partial charge in [0.05, 0.1) is 0 Å². The molecule has 132 valence electrons. The van der Waals surface area contributed by atoms with Crippen molar-refractivity contribution in [3.63, 3.8) is 0 Å². The van der Waals surface area contributed by atoms with Gasteiger partial charge in [0.15, 0.2) is 11.7 Å². The molecule has 0 atom stereocenters. The van der Waals surface area contributed by atoms with Gasteiger partial charge in [-0.25, -0.2) is 9.78 Å². The van der Waals surface area contributed by atoms with Gasteiger partial charge in [0, 0.05) is 42.8 Å². The number of benzene rings is 1. The first-order chi connectivity index (χ1) is 12.1. The number of aromatic nitrogens is 1. The Labute approximate surface area is 154 Å². The Morgan fingerprint density at radius 3 is 2.48 bits per heavy atom. The van der Waals surface area contributed by atoms with Crippen molar-refractivity contribution in [2.24, 2.45) is 0 Å². The lowest BCUT2D eigenvalue weighted by Crippen LogP contribution is -2.52. The van der Waals surface area contributed by atoms with Crippen LogP contribution in [0.15, 0.2) is 35.8 Å². The molecule has 1 aliphatic rings. The van der Waals surface area contributed by atoms with Crippen LogP contribution in [-0.2, 0) is 4.79 Å². The number of piperazine rings is 1. The van der Waals surface area contributed by atoms with E-state index in [0.717, 1.165) is 0 Å². The Morgan fingerprint density at radius 2 is 1.84 bits per heavy atom. The van der Waals surface area contributed by atoms with Crippen LogP contribution in [-0.4, -0.2) is 59.5 Å². The Morgan fingerprint density at radius 1 is 1.16 bits per heavy atom. The molecule has 25 heavy (non-hydrogen) atoms. The van der Waals surface area contributed by atoms with E-state index < -0.39 is 0 Å². The quantitative estimate of drug-likeness (QED) is 0.884. The molecule has 7 nitrogen and oxygen atoms in total. The van der Waals surface area contributed by atoms with Gasteiger partial charge >= 0.3 is 6.03 Å². The number of nitrogens with one attached hydrogen (secondary N) is 1. The number of anilines is 1. The summed E-state index contributed by atoms with van der Waals surface area (Å²) in [6, 6.07) is 6.66. The Hall–Kier alpha value is -2.32. The average molecular weight is 381 g/mol. The number of hydrogen-bond acceptors (Lipinski definition) is 5. The zero-order valence-electron chi connectivity index (χ0n) is 13.4. The van der Waals surface area contributed by atoms with E-state index in [0.29, 0.717) is 42.1 Å². The Balaban J connectivity index is 1.42. The van der Waals surface area contributed by atoms with Crippen molar-refractivity contribution >= 4 is 40.0 Å². The number of carbonyl (C=O) groups excluding carboxylic acids is 2. The van der Waals surface area contributed by atoms with Gasteiger partial charge < -0.3 is 14.5 Å². The van der Waals surface area contributed by atoms with E-state index in [1.165, 1.54) is 11.3 Å². The van der Waals surface area contributed by atoms with Crippen LogP contribution < -0.4 is 10.1 Å². The molecule has 0 spiro atoms. The van der Waals surface area contributed by atoms with Crippen molar-refractivity contribution in [2.75, 3.05) is 38.1 Å². The molecule has 1 aromatic heterocycles. The maximum atomic E-state index is 12.2. The number of nitrogens with zero attached hydrogens (tertiary/aromatic N) is 3. The van der Waals surface area contributed by atoms with E-state index in [1.807, 2.05) is 0 Å². The smallest absolute Gasteiger partial charge is 0.323 e. The first kappa shape index (κ1) is 17.5. The molecule has 0 radical (unpaired) electrons. The lowest BCUT2D eigenvalue weighted by molar-refractivity contribution is -0.134. The summed E-state index contributed by atoms with van der Waals surface area (Å²) in [6.07, 6.45) is 1.64. The first-order valence-corrected chi connectivity index (χ1v) is 8.99. The van der Waals surface area contributed by atoms with E-state index in [9.17, 15) is 9.59 Å². The van der Waals surface area contributed by atoms with Crippen LogP contribution in [0.1, 0.15) is 0 Å². The molecule has 1 aromatic carbocycles. The highest BCUT2D eigenvalue weighted by molar-refractivity contribution is 7.13. The van der Waals surface area contributed by atoms with Crippen LogP contribution in [0.25, 0.3) is 0 Å². The number of ether oxygens (including phenoxy) is 1. The van der Waals surface area contributed by atoms with E-state index in [1.54, 1.807) is 45.6 Å². The Bertz CT molecular complexity index is 715. The van der Waals surface area contributed by atoms with Crippen LogP contribution in [0.5, 0.6) is 5.75 Å². The van der Waals surface area contributed by atoms with Gasteiger partial charge in [0.25, 0.3) is 5.91 Å². The van der Waals surface area contributed by atoms with Crippen molar-refractivity contribution in [2.45, 2.75) is 0 Å². The van der Waals surface area contributed by atoms with Crippen LogP contribution in [0.3, 0.4) is 0 Å². The van der Waals surface area contributed by atoms with Crippen molar-refractivity contribution < 1.29 is 14.3 Å². The number of hydrogen-bond donors (Lipinski definition) is 1. The lowest BCUT2D eigenvalue weighted by Gasteiger charge is -2.34. The largest absolute Gasteiger partial charge is 0.484 e. The van der Waals surface area contributed by atoms with E-state index >= 15 is 0 Å². The summed E-state index contributed by atoms with van der Waals surface area (Å²) in [7, 11) is 0. The molecule has 0 saturated carbocycles. The highest BCUT2D eigenvalue weighted by Gasteiger charge is 2.24. The molecule has 3 amide bonds. The summed E-state index contributed by atoms with van der Waals surface area (Å²) in [5, 5.41) is 5.73. The average Bonchev–Trinajstić information content (AvgIpc) is 3.14. The number of carbonyl (C=O) groups is 2. The summed E-state index contributed by atoms with van der Waals surface area (Å²) < 4.78 is 5.47. The molecule has 1 saturated heterocycles. The molecule has 0 bridgehead atoms. The molecule has 1 fully saturated rings. The monoisotopic (exact) mass is 380 g/mol. The van der Waals surface area contributed by atoms with Crippen molar-refractivity contribution in [3.05, 3.63) is 40.9 Å². The molecular formula is C16H17ClN4O3S. The highest BCUT2D eigenvalue weighted by Crippen LogP contribution is 2.16. The number of thiazole rings is 1. The van der Waals surface area contributed by atoms with Gasteiger partial charge in [0.2, 0.25) is 0 Å². The lowest BCUT2D eigenvalue weighted by atomic mass is 10.3. The SMILES string of the molecule is O=C(COc1ccc(Cl)cc1)N1CCN(C(=O)Nc2nccs2)CC1. The van der Waals surface area contributed by atoms with Gasteiger partial charge in [0.1, 0.15) is 5.75 Å². The molecule has 0 aliphatic carbocycles. The number of rotatable bonds is 4. The predicted molar refractivity (Wildman–Crippen MR) is 96.2 cm³/mol. The van der Waals surface area contributed by atoms with Crippen molar-refractivity contribution in [1.82, 2.24) is 14.8 Å². The number of urea groups is 1. The summed E-state index contributed by atoms with van der Waals surface area (Å²) in [5.74, 6) is 0.495. The predicted octanol–water partition coefficient (Wildman–Crippen LogP) is 2.55. The standard InChI is InChI=1S/C16H17ClN4O3S/c17-12-1-3-13(4-2-12)24-11-14(22)20-6-8-21(9-7-20)16(23)19-15-18-5-10-25-15/h1-5,10H,6-9,11H2,(H,18,19,23). The van der Waals surface area contributed by atoms with Gasteiger partial charge in [-0.15, -0.1) is 11.3 Å². The fourth-order valence-corrected chi connectivity index (χ4v) is 3.03. The molecular weight excluding hydrogens is 364 g/mol. The molecule has 9 heteroatoms. The fourth-order valence-electron chi connectivity index (χ4n) is 2.38. The normalized spacial score (nSPS) is 14.3. The molecule has 0 unspecified atom stereocenters. The summed E-state index contributed by atoms with van der Waals surface area (Å²) in [5.41, 5.74) is 0. The number of halogens is 1. The van der Waals surface area contributed by atoms with Gasteiger partial charge in [-0.2, -0.15) is 0 Å². The third-order valence-electron chi connectivity index (χ3n) is 3.74. The summed E-state index contributed by atoms with van der Waals surface area (Å²) in [6.45, 7) is 1.88. The molecule has 2 heterocycles. The third-order valence-corrected chi connectivity index (χ3v) is 4.68. The zero-order valence-corrected chi connectivity index (χ0v) is 14.9. The van der Waals surface area contributed by atoms with Crippen LogP contribution in [0.2, 0.25) is 5.02 Å². The van der Waals surface area contributed by atoms with E-state index in [4.69, 9.17) is 16.3 Å². The number of amides is 3. The second kappa shape index (κ2) is 8.17. The zero-order chi connectivity index (χ0) is 17.6. The Kier molecular flexibility index (Phi) is 5.72. The van der Waals surface area contributed by atoms with Crippen LogP contribution in [0, 0.1) is 0 Å². The van der Waals surface area contributed by atoms with Crippen molar-refractivity contribution in [1.29, 1.82) is 0 Å². The fraction of sp³-hybridized carbons (Fsp3) is 0.312. The summed E-state index contributed by atoms with van der Waals surface area (Å²) in [4.78, 5) is 31.7.